The van der Waals surface area contributed by atoms with Gasteiger partial charge in [-0.05, 0) is 47.1 Å². The van der Waals surface area contributed by atoms with Gasteiger partial charge in [0.25, 0.3) is 5.91 Å². The summed E-state index contributed by atoms with van der Waals surface area (Å²) in [4.78, 5) is 19.1. The molecule has 3 aromatic rings. The molecule has 0 atom stereocenters. The van der Waals surface area contributed by atoms with E-state index in [0.29, 0.717) is 17.1 Å². The van der Waals surface area contributed by atoms with E-state index in [-0.39, 0.29) is 5.91 Å². The van der Waals surface area contributed by atoms with Crippen LogP contribution in [0, 0.1) is 6.92 Å². The Morgan fingerprint density at radius 2 is 2.14 bits per heavy atom. The Kier molecular flexibility index (Phi) is 3.97. The summed E-state index contributed by atoms with van der Waals surface area (Å²) in [5, 5.41) is 3.74. The van der Waals surface area contributed by atoms with E-state index in [0.717, 1.165) is 24.6 Å². The minimum Gasteiger partial charge on any atom is -0.397 e. The quantitative estimate of drug-likeness (QED) is 0.721. The molecule has 21 heavy (non-hydrogen) atoms. The number of nitrogens with one attached hydrogen (secondary N) is 1. The largest absolute Gasteiger partial charge is 0.397 e. The molecule has 0 bridgehead atoms. The highest BCUT2D eigenvalue weighted by atomic mass is 79.9. The molecule has 0 radical (unpaired) electrons. The predicted molar refractivity (Wildman–Crippen MR) is 92.0 cm³/mol. The van der Waals surface area contributed by atoms with Crippen molar-refractivity contribution in [1.82, 2.24) is 10.3 Å². The van der Waals surface area contributed by atoms with E-state index in [2.05, 4.69) is 26.2 Å². The SMILES string of the molecule is Cc1ccc2c(N)c(C(=O)NCc3ccc(Br)s3)sc2n1. The summed E-state index contributed by atoms with van der Waals surface area (Å²) in [6, 6.07) is 7.76. The van der Waals surface area contributed by atoms with Crippen molar-refractivity contribution < 1.29 is 4.79 Å². The van der Waals surface area contributed by atoms with E-state index in [4.69, 9.17) is 5.73 Å². The van der Waals surface area contributed by atoms with Gasteiger partial charge < -0.3 is 11.1 Å². The van der Waals surface area contributed by atoms with Gasteiger partial charge >= 0.3 is 0 Å². The lowest BCUT2D eigenvalue weighted by Gasteiger charge is -2.02. The number of carbonyl (C=O) groups is 1. The molecular weight excluding hydrogens is 370 g/mol. The van der Waals surface area contributed by atoms with E-state index in [9.17, 15) is 4.79 Å². The van der Waals surface area contributed by atoms with Crippen LogP contribution in [0.1, 0.15) is 20.2 Å². The molecule has 0 aromatic carbocycles. The van der Waals surface area contributed by atoms with Crippen LogP contribution in [0.4, 0.5) is 5.69 Å². The van der Waals surface area contributed by atoms with E-state index in [1.165, 1.54) is 11.3 Å². The Morgan fingerprint density at radius 1 is 1.33 bits per heavy atom. The maximum Gasteiger partial charge on any atom is 0.263 e. The number of aryl methyl sites for hydroxylation is 1. The van der Waals surface area contributed by atoms with Crippen molar-refractivity contribution in [2.24, 2.45) is 0 Å². The summed E-state index contributed by atoms with van der Waals surface area (Å²) in [7, 11) is 0. The number of nitrogen functional groups attached to an aromatic ring is 1. The third-order valence-electron chi connectivity index (χ3n) is 2.99. The number of amides is 1. The molecule has 0 fully saturated rings. The molecule has 1 amide bonds. The number of thiophene rings is 2. The number of aromatic nitrogens is 1. The maximum atomic E-state index is 12.3. The minimum absolute atomic E-state index is 0.155. The predicted octanol–water partition coefficient (Wildman–Crippen LogP) is 3.94. The van der Waals surface area contributed by atoms with Crippen LogP contribution in [0.25, 0.3) is 10.2 Å². The van der Waals surface area contributed by atoms with Gasteiger partial charge in [0.15, 0.2) is 0 Å². The lowest BCUT2D eigenvalue weighted by atomic mass is 10.2. The van der Waals surface area contributed by atoms with Gasteiger partial charge in [-0.2, -0.15) is 0 Å². The molecule has 0 aliphatic carbocycles. The van der Waals surface area contributed by atoms with Gasteiger partial charge in [-0.25, -0.2) is 4.98 Å². The Bertz CT molecular complexity index is 825. The summed E-state index contributed by atoms with van der Waals surface area (Å²) < 4.78 is 1.05. The molecule has 0 aliphatic heterocycles. The normalized spacial score (nSPS) is 11.0. The maximum absolute atomic E-state index is 12.3. The van der Waals surface area contributed by atoms with Crippen LogP contribution >= 0.6 is 38.6 Å². The van der Waals surface area contributed by atoms with E-state index < -0.39 is 0 Å². The zero-order valence-corrected chi connectivity index (χ0v) is 14.4. The molecule has 108 valence electrons. The van der Waals surface area contributed by atoms with Crippen molar-refractivity contribution in [3.8, 4) is 0 Å². The number of pyridine rings is 1. The third-order valence-corrected chi connectivity index (χ3v) is 5.73. The van der Waals surface area contributed by atoms with Crippen LogP contribution in [-0.4, -0.2) is 10.9 Å². The fraction of sp³-hybridized carbons (Fsp3) is 0.143. The van der Waals surface area contributed by atoms with Crippen molar-refractivity contribution in [3.05, 3.63) is 43.5 Å². The van der Waals surface area contributed by atoms with Gasteiger partial charge in [0.1, 0.15) is 9.71 Å². The summed E-state index contributed by atoms with van der Waals surface area (Å²) in [6.45, 7) is 2.42. The third kappa shape index (κ3) is 2.95. The first-order chi connectivity index (χ1) is 10.0. The number of fused-ring (bicyclic) bond motifs is 1. The van der Waals surface area contributed by atoms with Crippen molar-refractivity contribution in [2.75, 3.05) is 5.73 Å². The van der Waals surface area contributed by atoms with E-state index in [1.807, 2.05) is 31.2 Å². The lowest BCUT2D eigenvalue weighted by molar-refractivity contribution is 0.0956. The Hall–Kier alpha value is -1.44. The van der Waals surface area contributed by atoms with Crippen LogP contribution in [0.5, 0.6) is 0 Å². The molecule has 3 rings (SSSR count). The van der Waals surface area contributed by atoms with Gasteiger partial charge in [0.05, 0.1) is 16.0 Å². The lowest BCUT2D eigenvalue weighted by Crippen LogP contribution is -2.22. The molecule has 0 aliphatic rings. The van der Waals surface area contributed by atoms with Crippen LogP contribution in [0.3, 0.4) is 0 Å². The molecule has 3 heterocycles. The number of carbonyl (C=O) groups excluding carboxylic acids is 1. The first kappa shape index (κ1) is 14.5. The summed E-state index contributed by atoms with van der Waals surface area (Å²) in [6.07, 6.45) is 0. The fourth-order valence-electron chi connectivity index (χ4n) is 1.95. The van der Waals surface area contributed by atoms with Gasteiger partial charge in [-0.15, -0.1) is 22.7 Å². The van der Waals surface area contributed by atoms with Crippen molar-refractivity contribution in [3.63, 3.8) is 0 Å². The second-order valence-electron chi connectivity index (χ2n) is 4.54. The standard InChI is InChI=1S/C14H12BrN3OS2/c1-7-2-4-9-11(16)12(21-14(9)18-7)13(19)17-6-8-3-5-10(15)20-8/h2-5H,6,16H2,1H3,(H,17,19). The number of nitrogens with zero attached hydrogens (tertiary/aromatic N) is 1. The number of halogens is 1. The highest BCUT2D eigenvalue weighted by Crippen LogP contribution is 2.32. The molecule has 0 unspecified atom stereocenters. The number of rotatable bonds is 3. The Labute approximate surface area is 138 Å². The second-order valence-corrected chi connectivity index (χ2v) is 8.09. The van der Waals surface area contributed by atoms with Gasteiger partial charge in [0.2, 0.25) is 0 Å². The average Bonchev–Trinajstić information content (AvgIpc) is 3.00. The molecular formula is C14H12BrN3OS2. The highest BCUT2D eigenvalue weighted by molar-refractivity contribution is 9.11. The van der Waals surface area contributed by atoms with Gasteiger partial charge in [-0.1, -0.05) is 0 Å². The minimum atomic E-state index is -0.155. The second kappa shape index (κ2) is 5.75. The number of nitrogens with two attached hydrogens (primary N) is 1. The number of anilines is 1. The molecule has 0 spiro atoms. The number of hydrogen-bond acceptors (Lipinski definition) is 5. The molecule has 4 nitrogen and oxygen atoms in total. The zero-order chi connectivity index (χ0) is 15.0. The molecule has 7 heteroatoms. The molecule has 0 saturated carbocycles. The zero-order valence-electron chi connectivity index (χ0n) is 11.1. The van der Waals surface area contributed by atoms with Crippen LogP contribution in [0.15, 0.2) is 28.1 Å². The van der Waals surface area contributed by atoms with Crippen molar-refractivity contribution >= 4 is 60.4 Å². The van der Waals surface area contributed by atoms with Crippen LogP contribution in [0.2, 0.25) is 0 Å². The van der Waals surface area contributed by atoms with Gasteiger partial charge in [0, 0.05) is 16.0 Å². The summed E-state index contributed by atoms with van der Waals surface area (Å²) >= 11 is 6.34. The van der Waals surface area contributed by atoms with E-state index in [1.54, 1.807) is 11.3 Å². The van der Waals surface area contributed by atoms with Crippen LogP contribution < -0.4 is 11.1 Å². The number of hydrogen-bond donors (Lipinski definition) is 2. The Morgan fingerprint density at radius 3 is 2.86 bits per heavy atom. The summed E-state index contributed by atoms with van der Waals surface area (Å²) in [5.41, 5.74) is 7.49. The molecule has 3 N–H and O–H groups in total. The van der Waals surface area contributed by atoms with Crippen molar-refractivity contribution in [2.45, 2.75) is 13.5 Å². The first-order valence-corrected chi connectivity index (χ1v) is 8.65. The van der Waals surface area contributed by atoms with E-state index >= 15 is 0 Å². The van der Waals surface area contributed by atoms with Gasteiger partial charge in [-0.3, -0.25) is 4.79 Å². The topological polar surface area (TPSA) is 68.0 Å². The molecule has 0 saturated heterocycles. The Balaban J connectivity index is 1.82. The molecule has 3 aromatic heterocycles. The average molecular weight is 382 g/mol. The first-order valence-electron chi connectivity index (χ1n) is 6.22. The summed E-state index contributed by atoms with van der Waals surface area (Å²) in [5.74, 6) is -0.155. The highest BCUT2D eigenvalue weighted by Gasteiger charge is 2.17. The van der Waals surface area contributed by atoms with Crippen molar-refractivity contribution in [1.29, 1.82) is 0 Å². The smallest absolute Gasteiger partial charge is 0.263 e. The van der Waals surface area contributed by atoms with Crippen LogP contribution in [-0.2, 0) is 6.54 Å². The monoisotopic (exact) mass is 381 g/mol. The fourth-order valence-corrected chi connectivity index (χ4v) is 4.43.